The lowest BCUT2D eigenvalue weighted by Crippen LogP contribution is -2.30. The number of hydrogen-bond donors (Lipinski definition) is 4. The summed E-state index contributed by atoms with van der Waals surface area (Å²) in [6.07, 6.45) is 0. The highest BCUT2D eigenvalue weighted by atomic mass is 16.5. The quantitative estimate of drug-likeness (QED) is 0.383. The topological polar surface area (TPSA) is 103 Å². The first kappa shape index (κ1) is 18.8. The van der Waals surface area contributed by atoms with E-state index in [1.165, 1.54) is 0 Å². The van der Waals surface area contributed by atoms with Crippen LogP contribution in [0.15, 0.2) is 48.5 Å². The van der Waals surface area contributed by atoms with E-state index in [1.54, 1.807) is 12.1 Å². The number of aryl methyl sites for hydroxylation is 1. The molecule has 7 nitrogen and oxygen atoms in total. The zero-order chi connectivity index (χ0) is 20.7. The predicted molar refractivity (Wildman–Crippen MR) is 116 cm³/mol. The summed E-state index contributed by atoms with van der Waals surface area (Å²) in [6, 6.07) is 15.6. The Hall–Kier alpha value is -3.20. The summed E-state index contributed by atoms with van der Waals surface area (Å²) in [5, 5.41) is 23.7. The Morgan fingerprint density at radius 3 is 2.70 bits per heavy atom. The first-order valence-corrected chi connectivity index (χ1v) is 9.85. The fourth-order valence-corrected chi connectivity index (χ4v) is 3.96. The van der Waals surface area contributed by atoms with Gasteiger partial charge in [0.25, 0.3) is 0 Å². The van der Waals surface area contributed by atoms with Crippen molar-refractivity contribution in [2.75, 3.05) is 5.32 Å². The van der Waals surface area contributed by atoms with Crippen LogP contribution in [-0.4, -0.2) is 32.1 Å². The third kappa shape index (κ3) is 3.25. The number of aromatic nitrogens is 3. The lowest BCUT2D eigenvalue weighted by Gasteiger charge is -2.12. The van der Waals surface area contributed by atoms with E-state index in [4.69, 9.17) is 14.7 Å². The number of fused-ring (bicyclic) bond motifs is 2. The van der Waals surface area contributed by atoms with E-state index in [-0.39, 0.29) is 0 Å². The molecule has 2 aromatic heterocycles. The van der Waals surface area contributed by atoms with E-state index in [1.807, 2.05) is 31.2 Å². The fraction of sp³-hybridized carbons (Fsp3) is 0.182. The molecule has 8 heteroatoms. The van der Waals surface area contributed by atoms with Gasteiger partial charge in [-0.1, -0.05) is 48.5 Å². The Morgan fingerprint density at radius 2 is 1.90 bits per heavy atom. The number of ether oxygens (including phenoxy) is 1. The molecule has 0 bridgehead atoms. The molecule has 0 atom stereocenters. The molecule has 30 heavy (non-hydrogen) atoms. The number of nitrogens with one attached hydrogen (secondary N) is 2. The number of nitrogens with zero attached hydrogens (tertiary/aromatic N) is 2. The number of hydrogen-bond acceptors (Lipinski definition) is 6. The SMILES string of the molecule is Cc1[nH]c2c(B(O)O)cccc2c1-c1nc2c(c(NCc3ccccc3)n1)COC2. The predicted octanol–water partition coefficient (Wildman–Crippen LogP) is 2.26. The zero-order valence-electron chi connectivity index (χ0n) is 16.5. The first-order valence-electron chi connectivity index (χ1n) is 9.85. The molecule has 4 aromatic rings. The number of aromatic amines is 1. The van der Waals surface area contributed by atoms with Crippen molar-refractivity contribution in [2.45, 2.75) is 26.7 Å². The van der Waals surface area contributed by atoms with E-state index in [0.29, 0.717) is 36.6 Å². The van der Waals surface area contributed by atoms with E-state index in [9.17, 15) is 10.0 Å². The summed E-state index contributed by atoms with van der Waals surface area (Å²) in [5.41, 5.74) is 5.85. The molecule has 0 saturated heterocycles. The summed E-state index contributed by atoms with van der Waals surface area (Å²) < 4.78 is 5.63. The van der Waals surface area contributed by atoms with Crippen molar-refractivity contribution in [1.82, 2.24) is 15.0 Å². The van der Waals surface area contributed by atoms with Crippen molar-refractivity contribution in [2.24, 2.45) is 0 Å². The van der Waals surface area contributed by atoms with Crippen molar-refractivity contribution < 1.29 is 14.8 Å². The van der Waals surface area contributed by atoms with Gasteiger partial charge in [-0.05, 0) is 12.5 Å². The summed E-state index contributed by atoms with van der Waals surface area (Å²) in [5.74, 6) is 1.35. The monoisotopic (exact) mass is 400 g/mol. The number of H-pyrrole nitrogens is 1. The van der Waals surface area contributed by atoms with Gasteiger partial charge in [-0.15, -0.1) is 0 Å². The number of para-hydroxylation sites is 1. The van der Waals surface area contributed by atoms with Crippen molar-refractivity contribution in [1.29, 1.82) is 0 Å². The van der Waals surface area contributed by atoms with Crippen LogP contribution in [0.25, 0.3) is 22.3 Å². The van der Waals surface area contributed by atoms with Crippen LogP contribution in [-0.2, 0) is 24.5 Å². The third-order valence-electron chi connectivity index (χ3n) is 5.44. The molecule has 2 aromatic carbocycles. The third-order valence-corrected chi connectivity index (χ3v) is 5.44. The maximum Gasteiger partial charge on any atom is 0.490 e. The molecule has 0 unspecified atom stereocenters. The molecule has 0 amide bonds. The summed E-state index contributed by atoms with van der Waals surface area (Å²) in [4.78, 5) is 12.9. The minimum Gasteiger partial charge on any atom is -0.423 e. The largest absolute Gasteiger partial charge is 0.490 e. The Kier molecular flexibility index (Phi) is 4.74. The van der Waals surface area contributed by atoms with Gasteiger partial charge < -0.3 is 25.1 Å². The van der Waals surface area contributed by atoms with Gasteiger partial charge in [-0.3, -0.25) is 0 Å². The average molecular weight is 400 g/mol. The minimum absolute atomic E-state index is 0.425. The van der Waals surface area contributed by atoms with Gasteiger partial charge in [0, 0.05) is 39.7 Å². The summed E-state index contributed by atoms with van der Waals surface area (Å²) in [7, 11) is -1.56. The molecule has 0 aliphatic carbocycles. The van der Waals surface area contributed by atoms with Crippen LogP contribution in [0.4, 0.5) is 5.82 Å². The maximum atomic E-state index is 9.72. The van der Waals surface area contributed by atoms with Gasteiger partial charge in [0.05, 0.1) is 18.9 Å². The lowest BCUT2D eigenvalue weighted by atomic mass is 9.79. The fourth-order valence-electron chi connectivity index (χ4n) is 3.96. The van der Waals surface area contributed by atoms with Crippen LogP contribution in [0.2, 0.25) is 0 Å². The highest BCUT2D eigenvalue weighted by molar-refractivity contribution is 6.61. The van der Waals surface area contributed by atoms with E-state index in [0.717, 1.165) is 39.3 Å². The second-order valence-corrected chi connectivity index (χ2v) is 7.42. The van der Waals surface area contributed by atoms with E-state index >= 15 is 0 Å². The van der Waals surface area contributed by atoms with Gasteiger partial charge >= 0.3 is 7.12 Å². The van der Waals surface area contributed by atoms with Crippen molar-refractivity contribution >= 4 is 29.3 Å². The molecular weight excluding hydrogens is 379 g/mol. The number of anilines is 1. The summed E-state index contributed by atoms with van der Waals surface area (Å²) in [6.45, 7) is 3.53. The lowest BCUT2D eigenvalue weighted by molar-refractivity contribution is 0.133. The second-order valence-electron chi connectivity index (χ2n) is 7.42. The highest BCUT2D eigenvalue weighted by Crippen LogP contribution is 2.33. The van der Waals surface area contributed by atoms with Crippen LogP contribution in [0.1, 0.15) is 22.5 Å². The van der Waals surface area contributed by atoms with Crippen LogP contribution in [0, 0.1) is 6.92 Å². The summed E-state index contributed by atoms with van der Waals surface area (Å²) >= 11 is 0. The Bertz CT molecular complexity index is 1220. The van der Waals surface area contributed by atoms with Crippen LogP contribution >= 0.6 is 0 Å². The van der Waals surface area contributed by atoms with Crippen molar-refractivity contribution in [3.8, 4) is 11.4 Å². The van der Waals surface area contributed by atoms with Crippen LogP contribution < -0.4 is 10.8 Å². The molecule has 150 valence electrons. The maximum absolute atomic E-state index is 9.72. The molecule has 0 fully saturated rings. The molecule has 5 rings (SSSR count). The van der Waals surface area contributed by atoms with Gasteiger partial charge in [0.2, 0.25) is 0 Å². The first-order chi connectivity index (χ1) is 14.6. The van der Waals surface area contributed by atoms with Gasteiger partial charge in [0.1, 0.15) is 5.82 Å². The normalized spacial score (nSPS) is 12.9. The van der Waals surface area contributed by atoms with Crippen molar-refractivity contribution in [3.05, 3.63) is 71.0 Å². The zero-order valence-corrected chi connectivity index (χ0v) is 16.5. The molecule has 1 aliphatic rings. The molecule has 4 N–H and O–H groups in total. The minimum atomic E-state index is -1.56. The Morgan fingerprint density at radius 1 is 1.07 bits per heavy atom. The van der Waals surface area contributed by atoms with E-state index in [2.05, 4.69) is 22.4 Å². The highest BCUT2D eigenvalue weighted by Gasteiger charge is 2.24. The van der Waals surface area contributed by atoms with Gasteiger partial charge in [0.15, 0.2) is 5.82 Å². The molecule has 0 radical (unpaired) electrons. The molecule has 3 heterocycles. The van der Waals surface area contributed by atoms with Gasteiger partial charge in [-0.2, -0.15) is 0 Å². The molecular formula is C22H21BN4O3. The van der Waals surface area contributed by atoms with Crippen molar-refractivity contribution in [3.63, 3.8) is 0 Å². The van der Waals surface area contributed by atoms with Crippen LogP contribution in [0.5, 0.6) is 0 Å². The number of benzene rings is 2. The molecule has 0 saturated carbocycles. The Balaban J connectivity index is 1.60. The second kappa shape index (κ2) is 7.57. The van der Waals surface area contributed by atoms with E-state index < -0.39 is 7.12 Å². The van der Waals surface area contributed by atoms with Crippen LogP contribution in [0.3, 0.4) is 0 Å². The smallest absolute Gasteiger partial charge is 0.423 e. The molecule has 1 aliphatic heterocycles. The Labute approximate surface area is 173 Å². The van der Waals surface area contributed by atoms with Gasteiger partial charge in [-0.25, -0.2) is 9.97 Å². The molecule has 0 spiro atoms. The average Bonchev–Trinajstić information content (AvgIpc) is 3.35. The standard InChI is InChI=1S/C22H21BN4O3/c1-13-19(15-8-5-9-17(23(28)29)20(15)25-13)22-26-18-12-30-11-16(18)21(27-22)24-10-14-6-3-2-4-7-14/h2-9,25,28-29H,10-12H2,1H3,(H,24,26,27). The number of rotatable bonds is 5.